The summed E-state index contributed by atoms with van der Waals surface area (Å²) in [5.41, 5.74) is 0. The highest BCUT2D eigenvalue weighted by molar-refractivity contribution is 7.09. The average molecular weight is 259 g/mol. The van der Waals surface area contributed by atoms with Crippen LogP contribution in [0.3, 0.4) is 0 Å². The molecule has 1 rings (SSSR count). The summed E-state index contributed by atoms with van der Waals surface area (Å²) in [7, 11) is 0. The molecule has 0 atom stereocenters. The minimum atomic E-state index is -1.10. The van der Waals surface area contributed by atoms with Crippen LogP contribution in [0, 0.1) is 0 Å². The van der Waals surface area contributed by atoms with Crippen LogP contribution in [0.5, 0.6) is 0 Å². The van der Waals surface area contributed by atoms with E-state index >= 15 is 0 Å². The summed E-state index contributed by atoms with van der Waals surface area (Å²) in [6, 6.07) is 0. The van der Waals surface area contributed by atoms with Crippen LogP contribution in [0.15, 0.2) is 0 Å². The Morgan fingerprint density at radius 1 is 1.29 bits per heavy atom. The number of carboxylic acids is 2. The Kier molecular flexibility index (Phi) is 4.38. The lowest BCUT2D eigenvalue weighted by molar-refractivity contribution is -0.136. The highest BCUT2D eigenvalue weighted by Gasteiger charge is 2.19. The van der Waals surface area contributed by atoms with Gasteiger partial charge < -0.3 is 15.1 Å². The van der Waals surface area contributed by atoms with Gasteiger partial charge in [-0.2, -0.15) is 4.37 Å². The highest BCUT2D eigenvalue weighted by Crippen LogP contribution is 2.20. The van der Waals surface area contributed by atoms with Gasteiger partial charge in [-0.3, -0.25) is 9.59 Å². The molecule has 0 spiro atoms. The molecule has 0 unspecified atom stereocenters. The molecule has 8 heteroatoms. The Hall–Kier alpha value is -1.70. The van der Waals surface area contributed by atoms with Crippen LogP contribution in [-0.2, 0) is 9.59 Å². The van der Waals surface area contributed by atoms with E-state index in [0.717, 1.165) is 11.5 Å². The van der Waals surface area contributed by atoms with Gasteiger partial charge in [-0.1, -0.05) is 13.8 Å². The molecule has 0 aliphatic heterocycles. The van der Waals surface area contributed by atoms with Gasteiger partial charge in [-0.25, -0.2) is 4.98 Å². The number of hydrogen-bond donors (Lipinski definition) is 2. The van der Waals surface area contributed by atoms with Crippen molar-refractivity contribution in [1.29, 1.82) is 0 Å². The van der Waals surface area contributed by atoms with Crippen molar-refractivity contribution < 1.29 is 19.8 Å². The van der Waals surface area contributed by atoms with Crippen molar-refractivity contribution in [2.24, 2.45) is 0 Å². The SMILES string of the molecule is CC(C)c1nsc(N(CC(=O)O)CC(=O)O)n1. The number of rotatable bonds is 6. The molecule has 1 aromatic rings. The van der Waals surface area contributed by atoms with E-state index in [2.05, 4.69) is 9.36 Å². The smallest absolute Gasteiger partial charge is 0.323 e. The first-order valence-electron chi connectivity index (χ1n) is 4.92. The van der Waals surface area contributed by atoms with Gasteiger partial charge in [0.05, 0.1) is 0 Å². The first-order chi connectivity index (χ1) is 7.90. The topological polar surface area (TPSA) is 104 Å². The predicted octanol–water partition coefficient (Wildman–Crippen LogP) is 0.637. The minimum Gasteiger partial charge on any atom is -0.480 e. The molecule has 2 N–H and O–H groups in total. The van der Waals surface area contributed by atoms with E-state index in [9.17, 15) is 9.59 Å². The highest BCUT2D eigenvalue weighted by atomic mass is 32.1. The lowest BCUT2D eigenvalue weighted by Gasteiger charge is -2.15. The van der Waals surface area contributed by atoms with Gasteiger partial charge in [0.1, 0.15) is 18.9 Å². The zero-order valence-electron chi connectivity index (χ0n) is 9.45. The van der Waals surface area contributed by atoms with Gasteiger partial charge in [0.15, 0.2) is 0 Å². The Morgan fingerprint density at radius 2 is 1.82 bits per heavy atom. The number of nitrogens with zero attached hydrogens (tertiary/aromatic N) is 3. The molecule has 0 fully saturated rings. The van der Waals surface area contributed by atoms with Gasteiger partial charge in [-0.15, -0.1) is 0 Å². The van der Waals surface area contributed by atoms with Gasteiger partial charge in [0.2, 0.25) is 5.13 Å². The van der Waals surface area contributed by atoms with Gasteiger partial charge in [0.25, 0.3) is 0 Å². The molecule has 0 amide bonds. The van der Waals surface area contributed by atoms with Crippen molar-refractivity contribution in [1.82, 2.24) is 9.36 Å². The van der Waals surface area contributed by atoms with E-state index in [1.54, 1.807) is 0 Å². The number of carboxylic acid groups (broad SMARTS) is 2. The van der Waals surface area contributed by atoms with Crippen molar-refractivity contribution >= 4 is 28.6 Å². The largest absolute Gasteiger partial charge is 0.480 e. The second-order valence-corrected chi connectivity index (χ2v) is 4.46. The number of aliphatic carboxylic acids is 2. The fourth-order valence-electron chi connectivity index (χ4n) is 1.11. The van der Waals surface area contributed by atoms with Gasteiger partial charge >= 0.3 is 11.9 Å². The summed E-state index contributed by atoms with van der Waals surface area (Å²) in [6.07, 6.45) is 0. The van der Waals surface area contributed by atoms with E-state index in [1.165, 1.54) is 4.90 Å². The average Bonchev–Trinajstić information content (AvgIpc) is 2.63. The fourth-order valence-corrected chi connectivity index (χ4v) is 1.91. The second-order valence-electron chi connectivity index (χ2n) is 3.73. The third-order valence-corrected chi connectivity index (χ3v) is 2.66. The molecule has 0 aliphatic carbocycles. The van der Waals surface area contributed by atoms with Crippen LogP contribution in [0.25, 0.3) is 0 Å². The van der Waals surface area contributed by atoms with Crippen molar-refractivity contribution in [3.05, 3.63) is 5.82 Å². The third kappa shape index (κ3) is 3.99. The summed E-state index contributed by atoms with van der Waals surface area (Å²) < 4.78 is 4.05. The van der Waals surface area contributed by atoms with E-state index in [1.807, 2.05) is 13.8 Å². The number of anilines is 1. The van der Waals surface area contributed by atoms with Crippen LogP contribution in [-0.4, -0.2) is 44.6 Å². The van der Waals surface area contributed by atoms with E-state index < -0.39 is 25.0 Å². The third-order valence-electron chi connectivity index (χ3n) is 1.87. The molecule has 0 saturated carbocycles. The van der Waals surface area contributed by atoms with Crippen molar-refractivity contribution in [3.63, 3.8) is 0 Å². The first-order valence-corrected chi connectivity index (χ1v) is 5.69. The molecule has 0 radical (unpaired) electrons. The van der Waals surface area contributed by atoms with Crippen molar-refractivity contribution in [2.75, 3.05) is 18.0 Å². The zero-order valence-corrected chi connectivity index (χ0v) is 10.3. The van der Waals surface area contributed by atoms with Crippen molar-refractivity contribution in [3.8, 4) is 0 Å². The van der Waals surface area contributed by atoms with E-state index in [-0.39, 0.29) is 5.92 Å². The Labute approximate surface area is 102 Å². The predicted molar refractivity (Wildman–Crippen MR) is 61.5 cm³/mol. The molecule has 7 nitrogen and oxygen atoms in total. The lowest BCUT2D eigenvalue weighted by atomic mass is 10.2. The summed E-state index contributed by atoms with van der Waals surface area (Å²) in [6.45, 7) is 3.01. The zero-order chi connectivity index (χ0) is 13.0. The molecule has 0 aliphatic rings. The van der Waals surface area contributed by atoms with Gasteiger partial charge in [0, 0.05) is 17.5 Å². The monoisotopic (exact) mass is 259 g/mol. The maximum Gasteiger partial charge on any atom is 0.323 e. The Balaban J connectivity index is 2.87. The molecular weight excluding hydrogens is 246 g/mol. The molecule has 0 bridgehead atoms. The second kappa shape index (κ2) is 5.58. The molecular formula is C9H13N3O4S. The summed E-state index contributed by atoms with van der Waals surface area (Å²) in [5.74, 6) is -1.50. The fraction of sp³-hybridized carbons (Fsp3) is 0.556. The lowest BCUT2D eigenvalue weighted by Crippen LogP contribution is -2.34. The molecule has 1 heterocycles. The number of hydrogen-bond acceptors (Lipinski definition) is 6. The summed E-state index contributed by atoms with van der Waals surface area (Å²) in [5, 5.41) is 17.7. The molecule has 0 aromatic carbocycles. The summed E-state index contributed by atoms with van der Waals surface area (Å²) in [4.78, 5) is 26.6. The molecule has 0 saturated heterocycles. The van der Waals surface area contributed by atoms with Crippen LogP contribution in [0.4, 0.5) is 5.13 Å². The quantitative estimate of drug-likeness (QED) is 0.772. The standard InChI is InChI=1S/C9H13N3O4S/c1-5(2)8-10-9(17-11-8)12(3-6(13)14)4-7(15)16/h5H,3-4H2,1-2H3,(H,13,14)(H,15,16). The Bertz CT molecular complexity index is 402. The number of aromatic nitrogens is 2. The number of carbonyl (C=O) groups is 2. The molecule has 94 valence electrons. The summed E-state index contributed by atoms with van der Waals surface area (Å²) >= 11 is 1.01. The van der Waals surface area contributed by atoms with Gasteiger partial charge in [-0.05, 0) is 0 Å². The first kappa shape index (κ1) is 13.4. The molecule has 1 aromatic heterocycles. The van der Waals surface area contributed by atoms with Crippen LogP contribution in [0.1, 0.15) is 25.6 Å². The van der Waals surface area contributed by atoms with Crippen LogP contribution < -0.4 is 4.90 Å². The van der Waals surface area contributed by atoms with Crippen molar-refractivity contribution in [2.45, 2.75) is 19.8 Å². The molecule has 17 heavy (non-hydrogen) atoms. The maximum absolute atomic E-state index is 10.6. The van der Waals surface area contributed by atoms with E-state index in [4.69, 9.17) is 10.2 Å². The van der Waals surface area contributed by atoms with Crippen LogP contribution >= 0.6 is 11.5 Å². The minimum absolute atomic E-state index is 0.122. The van der Waals surface area contributed by atoms with Crippen LogP contribution in [0.2, 0.25) is 0 Å². The Morgan fingerprint density at radius 3 is 2.18 bits per heavy atom. The van der Waals surface area contributed by atoms with E-state index in [0.29, 0.717) is 11.0 Å². The normalized spacial score (nSPS) is 10.5. The maximum atomic E-state index is 10.6.